The minimum absolute atomic E-state index is 0.0886. The first kappa shape index (κ1) is 15.6. The Bertz CT molecular complexity index is 644. The Hall–Kier alpha value is -1.76. The van der Waals surface area contributed by atoms with Crippen molar-refractivity contribution in [2.45, 2.75) is 13.3 Å². The first-order valence-corrected chi connectivity index (χ1v) is 7.67. The molecule has 0 aliphatic carbocycles. The van der Waals surface area contributed by atoms with E-state index in [4.69, 9.17) is 10.5 Å². The molecule has 21 heavy (non-hydrogen) atoms. The van der Waals surface area contributed by atoms with Gasteiger partial charge in [0.15, 0.2) is 0 Å². The molecule has 4 nitrogen and oxygen atoms in total. The molecule has 5 heteroatoms. The van der Waals surface area contributed by atoms with E-state index in [-0.39, 0.29) is 5.91 Å². The number of hydrogen-bond acceptors (Lipinski definition) is 3. The zero-order valence-corrected chi connectivity index (χ0v) is 13.9. The lowest BCUT2D eigenvalue weighted by Gasteiger charge is -2.10. The molecular formula is C16H17IN2O2. The molecule has 0 radical (unpaired) electrons. The van der Waals surface area contributed by atoms with E-state index in [2.05, 4.69) is 27.9 Å². The van der Waals surface area contributed by atoms with E-state index in [1.165, 1.54) is 0 Å². The molecule has 2 rings (SSSR count). The van der Waals surface area contributed by atoms with E-state index in [0.717, 1.165) is 20.6 Å². The fourth-order valence-corrected chi connectivity index (χ4v) is 2.33. The lowest BCUT2D eigenvalue weighted by molar-refractivity contribution is -0.116. The van der Waals surface area contributed by atoms with Crippen LogP contribution in [0.5, 0.6) is 5.75 Å². The average molecular weight is 396 g/mol. The molecule has 0 aromatic heterocycles. The molecule has 0 saturated carbocycles. The van der Waals surface area contributed by atoms with Crippen LogP contribution in [0.1, 0.15) is 12.0 Å². The van der Waals surface area contributed by atoms with Gasteiger partial charge in [-0.3, -0.25) is 4.79 Å². The summed E-state index contributed by atoms with van der Waals surface area (Å²) in [5.74, 6) is 0.684. The van der Waals surface area contributed by atoms with Crippen molar-refractivity contribution in [2.75, 3.05) is 17.7 Å². The van der Waals surface area contributed by atoms with Crippen molar-refractivity contribution in [1.82, 2.24) is 0 Å². The van der Waals surface area contributed by atoms with Crippen molar-refractivity contribution in [1.29, 1.82) is 0 Å². The van der Waals surface area contributed by atoms with Crippen molar-refractivity contribution in [3.8, 4) is 5.75 Å². The standard InChI is InChI=1S/C16H17IN2O2/c1-11-14(18)6-3-7-15(11)19-16(20)8-9-21-13-5-2-4-12(17)10-13/h2-7,10H,8-9,18H2,1H3,(H,19,20). The van der Waals surface area contributed by atoms with E-state index < -0.39 is 0 Å². The minimum atomic E-state index is -0.0886. The molecule has 2 aromatic carbocycles. The van der Waals surface area contributed by atoms with Crippen molar-refractivity contribution in [3.63, 3.8) is 0 Å². The zero-order valence-electron chi connectivity index (χ0n) is 11.7. The smallest absolute Gasteiger partial charge is 0.227 e. The quantitative estimate of drug-likeness (QED) is 0.600. The summed E-state index contributed by atoms with van der Waals surface area (Å²) in [6, 6.07) is 13.2. The Labute approximate surface area is 137 Å². The second-order valence-corrected chi connectivity index (χ2v) is 5.87. The van der Waals surface area contributed by atoms with Gasteiger partial charge in [0.1, 0.15) is 5.75 Å². The normalized spacial score (nSPS) is 10.2. The number of rotatable bonds is 5. The van der Waals surface area contributed by atoms with E-state index in [1.807, 2.05) is 49.4 Å². The van der Waals surface area contributed by atoms with Gasteiger partial charge < -0.3 is 15.8 Å². The summed E-state index contributed by atoms with van der Waals surface area (Å²) in [4.78, 5) is 11.9. The maximum Gasteiger partial charge on any atom is 0.227 e. The van der Waals surface area contributed by atoms with Crippen molar-refractivity contribution < 1.29 is 9.53 Å². The Morgan fingerprint density at radius 2 is 2.05 bits per heavy atom. The number of carbonyl (C=O) groups excluding carboxylic acids is 1. The third-order valence-corrected chi connectivity index (χ3v) is 3.71. The Morgan fingerprint density at radius 1 is 1.29 bits per heavy atom. The van der Waals surface area contributed by atoms with E-state index in [1.54, 1.807) is 0 Å². The van der Waals surface area contributed by atoms with Gasteiger partial charge >= 0.3 is 0 Å². The summed E-state index contributed by atoms with van der Waals surface area (Å²) in [7, 11) is 0. The molecule has 0 saturated heterocycles. The molecular weight excluding hydrogens is 379 g/mol. The van der Waals surface area contributed by atoms with Crippen LogP contribution in [0.3, 0.4) is 0 Å². The first-order chi connectivity index (χ1) is 10.1. The Kier molecular flexibility index (Phi) is 5.44. The van der Waals surface area contributed by atoms with Gasteiger partial charge in [0, 0.05) is 14.9 Å². The fourth-order valence-electron chi connectivity index (χ4n) is 1.82. The van der Waals surface area contributed by atoms with Crippen LogP contribution in [0, 0.1) is 10.5 Å². The van der Waals surface area contributed by atoms with Gasteiger partial charge in [0.25, 0.3) is 0 Å². The van der Waals surface area contributed by atoms with Gasteiger partial charge in [-0.05, 0) is 65.4 Å². The van der Waals surface area contributed by atoms with Gasteiger partial charge in [-0.1, -0.05) is 12.1 Å². The lowest BCUT2D eigenvalue weighted by Crippen LogP contribution is -2.16. The van der Waals surface area contributed by atoms with Crippen molar-refractivity contribution in [3.05, 3.63) is 51.6 Å². The molecule has 0 unspecified atom stereocenters. The number of benzene rings is 2. The number of nitrogen functional groups attached to an aromatic ring is 1. The predicted octanol–water partition coefficient (Wildman–Crippen LogP) is 3.59. The summed E-state index contributed by atoms with van der Waals surface area (Å²) >= 11 is 2.22. The lowest BCUT2D eigenvalue weighted by atomic mass is 10.1. The summed E-state index contributed by atoms with van der Waals surface area (Å²) in [6.45, 7) is 2.22. The van der Waals surface area contributed by atoms with Crippen LogP contribution >= 0.6 is 22.6 Å². The number of hydrogen-bond donors (Lipinski definition) is 2. The van der Waals surface area contributed by atoms with Crippen LogP contribution in [0.25, 0.3) is 0 Å². The number of anilines is 2. The van der Waals surface area contributed by atoms with Crippen molar-refractivity contribution in [2.24, 2.45) is 0 Å². The maximum absolute atomic E-state index is 11.9. The minimum Gasteiger partial charge on any atom is -0.493 e. The van der Waals surface area contributed by atoms with Gasteiger partial charge in [-0.25, -0.2) is 0 Å². The number of nitrogens with two attached hydrogens (primary N) is 1. The van der Waals surface area contributed by atoms with E-state index in [0.29, 0.717) is 18.7 Å². The monoisotopic (exact) mass is 396 g/mol. The third-order valence-electron chi connectivity index (χ3n) is 3.04. The summed E-state index contributed by atoms with van der Waals surface area (Å²) in [5.41, 5.74) is 8.10. The fraction of sp³-hybridized carbons (Fsp3) is 0.188. The number of carbonyl (C=O) groups is 1. The predicted molar refractivity (Wildman–Crippen MR) is 93.5 cm³/mol. The Morgan fingerprint density at radius 3 is 2.81 bits per heavy atom. The molecule has 2 aromatic rings. The second kappa shape index (κ2) is 7.31. The van der Waals surface area contributed by atoms with Crippen LogP contribution in [0.15, 0.2) is 42.5 Å². The number of amides is 1. The molecule has 110 valence electrons. The van der Waals surface area contributed by atoms with E-state index in [9.17, 15) is 4.79 Å². The number of ether oxygens (including phenoxy) is 1. The van der Waals surface area contributed by atoms with Crippen LogP contribution in [0.2, 0.25) is 0 Å². The molecule has 0 heterocycles. The molecule has 0 spiro atoms. The topological polar surface area (TPSA) is 64.3 Å². The second-order valence-electron chi connectivity index (χ2n) is 4.62. The molecule has 0 aliphatic rings. The number of halogens is 1. The van der Waals surface area contributed by atoms with Gasteiger partial charge in [-0.15, -0.1) is 0 Å². The highest BCUT2D eigenvalue weighted by molar-refractivity contribution is 14.1. The van der Waals surface area contributed by atoms with Crippen LogP contribution in [-0.4, -0.2) is 12.5 Å². The molecule has 3 N–H and O–H groups in total. The van der Waals surface area contributed by atoms with Crippen molar-refractivity contribution >= 4 is 39.9 Å². The molecule has 0 aliphatic heterocycles. The first-order valence-electron chi connectivity index (χ1n) is 6.59. The van der Waals surface area contributed by atoms with Gasteiger partial charge in [-0.2, -0.15) is 0 Å². The largest absolute Gasteiger partial charge is 0.493 e. The maximum atomic E-state index is 11.9. The molecule has 0 fully saturated rings. The van der Waals surface area contributed by atoms with Crippen LogP contribution in [0.4, 0.5) is 11.4 Å². The summed E-state index contributed by atoms with van der Waals surface area (Å²) < 4.78 is 6.66. The Balaban J connectivity index is 1.84. The summed E-state index contributed by atoms with van der Waals surface area (Å²) in [6.07, 6.45) is 0.291. The SMILES string of the molecule is Cc1c(N)cccc1NC(=O)CCOc1cccc(I)c1. The molecule has 0 atom stereocenters. The molecule has 0 bridgehead atoms. The highest BCUT2D eigenvalue weighted by atomic mass is 127. The third kappa shape index (κ3) is 4.63. The van der Waals surface area contributed by atoms with E-state index >= 15 is 0 Å². The van der Waals surface area contributed by atoms with Gasteiger partial charge in [0.2, 0.25) is 5.91 Å². The van der Waals surface area contributed by atoms with Gasteiger partial charge in [0.05, 0.1) is 13.0 Å². The highest BCUT2D eigenvalue weighted by Gasteiger charge is 2.06. The average Bonchev–Trinajstić information content (AvgIpc) is 2.44. The zero-order chi connectivity index (χ0) is 15.2. The highest BCUT2D eigenvalue weighted by Crippen LogP contribution is 2.20. The molecule has 1 amide bonds. The van der Waals surface area contributed by atoms with Crippen LogP contribution < -0.4 is 15.8 Å². The number of nitrogens with one attached hydrogen (secondary N) is 1. The summed E-state index contributed by atoms with van der Waals surface area (Å²) in [5, 5.41) is 2.85. The van der Waals surface area contributed by atoms with Crippen LogP contribution in [-0.2, 0) is 4.79 Å².